The van der Waals surface area contributed by atoms with Gasteiger partial charge in [0.1, 0.15) is 0 Å². The number of anilines is 1. The van der Waals surface area contributed by atoms with Crippen molar-refractivity contribution in [2.75, 3.05) is 37.1 Å². The quantitative estimate of drug-likeness (QED) is 0.763. The van der Waals surface area contributed by atoms with E-state index in [1.165, 1.54) is 0 Å². The molecule has 1 aromatic heterocycles. The van der Waals surface area contributed by atoms with E-state index in [1.807, 2.05) is 0 Å². The number of aromatic nitrogens is 2. The molecule has 1 saturated heterocycles. The average Bonchev–Trinajstić information content (AvgIpc) is 2.45. The van der Waals surface area contributed by atoms with Gasteiger partial charge in [0.2, 0.25) is 5.88 Å². The topological polar surface area (TPSA) is 47.5 Å². The lowest BCUT2D eigenvalue weighted by Crippen LogP contribution is -2.43. The molecule has 2 rings (SSSR count). The zero-order valence-corrected chi connectivity index (χ0v) is 11.3. The minimum Gasteiger partial charge on any atom is -0.477 e. The number of rotatable bonds is 5. The van der Waals surface area contributed by atoms with Crippen LogP contribution in [0.3, 0.4) is 0 Å². The molecule has 0 aromatic carbocycles. The first-order valence-corrected chi connectivity index (χ1v) is 6.74. The van der Waals surface area contributed by atoms with Crippen LogP contribution in [0.1, 0.15) is 13.3 Å². The Labute approximate surface area is 112 Å². The molecule has 2 heterocycles. The van der Waals surface area contributed by atoms with Crippen LogP contribution in [0, 0.1) is 0 Å². The summed E-state index contributed by atoms with van der Waals surface area (Å²) < 4.78 is 11.0. The van der Waals surface area contributed by atoms with Gasteiger partial charge in [-0.25, -0.2) is 0 Å². The predicted octanol–water partition coefficient (Wildman–Crippen LogP) is 1.71. The SMILES string of the molecule is CCCOc1cncc(N2CCOC(CCl)C2)n1. The van der Waals surface area contributed by atoms with Crippen molar-refractivity contribution in [2.24, 2.45) is 0 Å². The third-order valence-electron chi connectivity index (χ3n) is 2.69. The second kappa shape index (κ2) is 6.75. The summed E-state index contributed by atoms with van der Waals surface area (Å²) >= 11 is 5.82. The summed E-state index contributed by atoms with van der Waals surface area (Å²) in [6, 6.07) is 0. The summed E-state index contributed by atoms with van der Waals surface area (Å²) in [6.07, 6.45) is 4.40. The molecule has 1 unspecified atom stereocenters. The van der Waals surface area contributed by atoms with Crippen LogP contribution in [0.4, 0.5) is 5.82 Å². The highest BCUT2D eigenvalue weighted by atomic mass is 35.5. The highest BCUT2D eigenvalue weighted by Crippen LogP contribution is 2.17. The molecule has 0 radical (unpaired) electrons. The summed E-state index contributed by atoms with van der Waals surface area (Å²) in [4.78, 5) is 10.7. The van der Waals surface area contributed by atoms with Crippen molar-refractivity contribution in [2.45, 2.75) is 19.4 Å². The normalized spacial score (nSPS) is 19.9. The number of morpholine rings is 1. The number of ether oxygens (including phenoxy) is 2. The number of hydrogen-bond donors (Lipinski definition) is 0. The highest BCUT2D eigenvalue weighted by Gasteiger charge is 2.21. The van der Waals surface area contributed by atoms with Crippen LogP contribution in [0.25, 0.3) is 0 Å². The van der Waals surface area contributed by atoms with Crippen LogP contribution in [-0.2, 0) is 4.74 Å². The predicted molar refractivity (Wildman–Crippen MR) is 70.5 cm³/mol. The van der Waals surface area contributed by atoms with Gasteiger partial charge in [0.15, 0.2) is 5.82 Å². The highest BCUT2D eigenvalue weighted by molar-refractivity contribution is 6.18. The molecular weight excluding hydrogens is 254 g/mol. The van der Waals surface area contributed by atoms with E-state index in [0.29, 0.717) is 25.0 Å². The van der Waals surface area contributed by atoms with E-state index in [1.54, 1.807) is 12.4 Å². The lowest BCUT2D eigenvalue weighted by Gasteiger charge is -2.32. The van der Waals surface area contributed by atoms with E-state index < -0.39 is 0 Å². The molecule has 0 aliphatic carbocycles. The van der Waals surface area contributed by atoms with Gasteiger partial charge in [-0.15, -0.1) is 11.6 Å². The lowest BCUT2D eigenvalue weighted by atomic mass is 10.3. The minimum absolute atomic E-state index is 0.0578. The van der Waals surface area contributed by atoms with Gasteiger partial charge in [-0.2, -0.15) is 4.98 Å². The zero-order valence-electron chi connectivity index (χ0n) is 10.5. The van der Waals surface area contributed by atoms with Crippen LogP contribution >= 0.6 is 11.6 Å². The van der Waals surface area contributed by atoms with Crippen molar-refractivity contribution >= 4 is 17.4 Å². The molecule has 1 fully saturated rings. The molecule has 1 aliphatic heterocycles. The molecule has 0 saturated carbocycles. The van der Waals surface area contributed by atoms with Crippen molar-refractivity contribution in [1.82, 2.24) is 9.97 Å². The van der Waals surface area contributed by atoms with E-state index in [-0.39, 0.29) is 6.10 Å². The molecule has 0 N–H and O–H groups in total. The largest absolute Gasteiger partial charge is 0.477 e. The summed E-state index contributed by atoms with van der Waals surface area (Å²) in [5.41, 5.74) is 0. The Morgan fingerprint density at radius 2 is 2.44 bits per heavy atom. The Hall–Kier alpha value is -1.07. The molecular formula is C12H18ClN3O2. The van der Waals surface area contributed by atoms with E-state index in [0.717, 1.165) is 25.3 Å². The van der Waals surface area contributed by atoms with E-state index in [4.69, 9.17) is 21.1 Å². The molecule has 1 aliphatic rings. The first-order valence-electron chi connectivity index (χ1n) is 6.21. The van der Waals surface area contributed by atoms with Gasteiger partial charge in [-0.05, 0) is 6.42 Å². The van der Waals surface area contributed by atoms with Gasteiger partial charge in [-0.1, -0.05) is 6.92 Å². The second-order valence-electron chi connectivity index (χ2n) is 4.16. The van der Waals surface area contributed by atoms with E-state index in [2.05, 4.69) is 21.8 Å². The first kappa shape index (κ1) is 13.4. The van der Waals surface area contributed by atoms with E-state index >= 15 is 0 Å². The zero-order chi connectivity index (χ0) is 12.8. The van der Waals surface area contributed by atoms with Gasteiger partial charge >= 0.3 is 0 Å². The van der Waals surface area contributed by atoms with Crippen LogP contribution in [-0.4, -0.2) is 48.3 Å². The summed E-state index contributed by atoms with van der Waals surface area (Å²) in [7, 11) is 0. The van der Waals surface area contributed by atoms with Gasteiger partial charge in [0.25, 0.3) is 0 Å². The maximum Gasteiger partial charge on any atom is 0.234 e. The molecule has 1 aromatic rings. The Morgan fingerprint density at radius 1 is 1.56 bits per heavy atom. The molecule has 0 spiro atoms. The van der Waals surface area contributed by atoms with Gasteiger partial charge in [0, 0.05) is 13.1 Å². The van der Waals surface area contributed by atoms with Crippen LogP contribution in [0.15, 0.2) is 12.4 Å². The van der Waals surface area contributed by atoms with Crippen molar-refractivity contribution in [1.29, 1.82) is 0 Å². The first-order chi connectivity index (χ1) is 8.83. The maximum atomic E-state index is 5.82. The van der Waals surface area contributed by atoms with Gasteiger partial charge < -0.3 is 14.4 Å². The van der Waals surface area contributed by atoms with Gasteiger partial charge in [-0.3, -0.25) is 4.98 Å². The monoisotopic (exact) mass is 271 g/mol. The molecule has 100 valence electrons. The second-order valence-corrected chi connectivity index (χ2v) is 4.47. The van der Waals surface area contributed by atoms with Crippen LogP contribution in [0.5, 0.6) is 5.88 Å². The maximum absolute atomic E-state index is 5.82. The summed E-state index contributed by atoms with van der Waals surface area (Å²) in [5.74, 6) is 1.89. The lowest BCUT2D eigenvalue weighted by molar-refractivity contribution is 0.0551. The Kier molecular flexibility index (Phi) is 5.01. The summed E-state index contributed by atoms with van der Waals surface area (Å²) in [5, 5.41) is 0. The fourth-order valence-corrected chi connectivity index (χ4v) is 1.97. The molecule has 0 amide bonds. The fraction of sp³-hybridized carbons (Fsp3) is 0.667. The summed E-state index contributed by atoms with van der Waals surface area (Å²) in [6.45, 7) is 4.93. The smallest absolute Gasteiger partial charge is 0.234 e. The molecule has 1 atom stereocenters. The Morgan fingerprint density at radius 3 is 3.22 bits per heavy atom. The van der Waals surface area contributed by atoms with Crippen molar-refractivity contribution in [3.05, 3.63) is 12.4 Å². The molecule has 18 heavy (non-hydrogen) atoms. The van der Waals surface area contributed by atoms with Crippen LogP contribution in [0.2, 0.25) is 0 Å². The van der Waals surface area contributed by atoms with E-state index in [9.17, 15) is 0 Å². The minimum atomic E-state index is 0.0578. The molecule has 6 heteroatoms. The molecule has 5 nitrogen and oxygen atoms in total. The van der Waals surface area contributed by atoms with Crippen LogP contribution < -0.4 is 9.64 Å². The Bertz CT molecular complexity index is 378. The molecule has 0 bridgehead atoms. The third-order valence-corrected chi connectivity index (χ3v) is 3.03. The Balaban J connectivity index is 2.02. The fourth-order valence-electron chi connectivity index (χ4n) is 1.79. The number of alkyl halides is 1. The van der Waals surface area contributed by atoms with Crippen molar-refractivity contribution in [3.8, 4) is 5.88 Å². The number of halogens is 1. The van der Waals surface area contributed by atoms with Gasteiger partial charge in [0.05, 0.1) is 37.6 Å². The van der Waals surface area contributed by atoms with Crippen molar-refractivity contribution < 1.29 is 9.47 Å². The number of nitrogens with zero attached hydrogens (tertiary/aromatic N) is 3. The average molecular weight is 272 g/mol. The number of hydrogen-bond acceptors (Lipinski definition) is 5. The third kappa shape index (κ3) is 3.46. The standard InChI is InChI=1S/C12H18ClN3O2/c1-2-4-18-12-8-14-7-11(15-12)16-3-5-17-10(6-13)9-16/h7-8,10H,2-6,9H2,1H3. The van der Waals surface area contributed by atoms with Crippen molar-refractivity contribution in [3.63, 3.8) is 0 Å².